The molecule has 102 valence electrons. The molecular formula is C12H22N4O2. The van der Waals surface area contributed by atoms with Gasteiger partial charge in [-0.05, 0) is 25.8 Å². The summed E-state index contributed by atoms with van der Waals surface area (Å²) in [6.45, 7) is 4.53. The molecule has 0 aromatic rings. The van der Waals surface area contributed by atoms with Crippen LogP contribution in [0.2, 0.25) is 0 Å². The van der Waals surface area contributed by atoms with Crippen molar-refractivity contribution in [2.24, 2.45) is 11.7 Å². The van der Waals surface area contributed by atoms with E-state index in [1.165, 1.54) is 12.8 Å². The molecule has 3 amide bonds. The average Bonchev–Trinajstić information content (AvgIpc) is 3.11. The molecule has 1 unspecified atom stereocenters. The Balaban J connectivity index is 2.29. The molecule has 18 heavy (non-hydrogen) atoms. The minimum absolute atomic E-state index is 0.180. The van der Waals surface area contributed by atoms with E-state index in [-0.39, 0.29) is 18.5 Å². The van der Waals surface area contributed by atoms with Crippen LogP contribution in [-0.4, -0.2) is 49.6 Å². The van der Waals surface area contributed by atoms with Gasteiger partial charge >= 0.3 is 6.03 Å². The second-order valence-corrected chi connectivity index (χ2v) is 4.60. The van der Waals surface area contributed by atoms with Crippen molar-refractivity contribution in [1.82, 2.24) is 15.5 Å². The molecular weight excluding hydrogens is 232 g/mol. The highest BCUT2D eigenvalue weighted by atomic mass is 16.2. The van der Waals surface area contributed by atoms with Gasteiger partial charge in [0.15, 0.2) is 0 Å². The molecule has 0 aliphatic heterocycles. The van der Waals surface area contributed by atoms with Gasteiger partial charge in [-0.1, -0.05) is 6.08 Å². The summed E-state index contributed by atoms with van der Waals surface area (Å²) >= 11 is 0. The summed E-state index contributed by atoms with van der Waals surface area (Å²) in [5.41, 5.74) is 5.69. The zero-order valence-corrected chi connectivity index (χ0v) is 10.8. The van der Waals surface area contributed by atoms with Gasteiger partial charge in [0.1, 0.15) is 0 Å². The van der Waals surface area contributed by atoms with Crippen molar-refractivity contribution in [3.05, 3.63) is 12.7 Å². The van der Waals surface area contributed by atoms with Crippen LogP contribution in [0, 0.1) is 5.92 Å². The quantitative estimate of drug-likeness (QED) is 0.543. The smallest absolute Gasteiger partial charge is 0.321 e. The molecule has 1 fully saturated rings. The van der Waals surface area contributed by atoms with Gasteiger partial charge in [-0.2, -0.15) is 0 Å². The van der Waals surface area contributed by atoms with Crippen molar-refractivity contribution in [3.8, 4) is 0 Å². The number of carbonyl (C=O) groups is 2. The Morgan fingerprint density at radius 1 is 1.56 bits per heavy atom. The number of amides is 3. The number of imide groups is 1. The first kappa shape index (κ1) is 14.7. The fraction of sp³-hybridized carbons (Fsp3) is 0.667. The van der Waals surface area contributed by atoms with E-state index in [4.69, 9.17) is 5.73 Å². The van der Waals surface area contributed by atoms with Gasteiger partial charge < -0.3 is 11.1 Å². The van der Waals surface area contributed by atoms with E-state index in [9.17, 15) is 9.59 Å². The molecule has 0 spiro atoms. The molecule has 0 aromatic heterocycles. The third-order valence-corrected chi connectivity index (χ3v) is 3.03. The molecule has 0 saturated heterocycles. The second kappa shape index (κ2) is 7.13. The minimum atomic E-state index is -0.496. The molecule has 1 aliphatic rings. The number of rotatable bonds is 7. The van der Waals surface area contributed by atoms with Gasteiger partial charge in [0, 0.05) is 19.1 Å². The van der Waals surface area contributed by atoms with Gasteiger partial charge in [-0.15, -0.1) is 6.58 Å². The van der Waals surface area contributed by atoms with E-state index in [1.807, 2.05) is 11.9 Å². The average molecular weight is 254 g/mol. The Morgan fingerprint density at radius 3 is 2.72 bits per heavy atom. The lowest BCUT2D eigenvalue weighted by atomic mass is 10.1. The van der Waals surface area contributed by atoms with Crippen LogP contribution in [0.25, 0.3) is 0 Å². The highest BCUT2D eigenvalue weighted by Crippen LogP contribution is 2.34. The second-order valence-electron chi connectivity index (χ2n) is 4.60. The minimum Gasteiger partial charge on any atom is -0.334 e. The van der Waals surface area contributed by atoms with Crippen LogP contribution in [-0.2, 0) is 4.79 Å². The maximum absolute atomic E-state index is 11.6. The number of urea groups is 1. The lowest BCUT2D eigenvalue weighted by Crippen LogP contribution is -2.48. The Hall–Kier alpha value is -1.40. The molecule has 1 atom stereocenters. The molecule has 6 heteroatoms. The third-order valence-electron chi connectivity index (χ3n) is 3.03. The molecule has 1 rings (SSSR count). The van der Waals surface area contributed by atoms with Crippen molar-refractivity contribution >= 4 is 11.9 Å². The molecule has 1 saturated carbocycles. The summed E-state index contributed by atoms with van der Waals surface area (Å²) in [4.78, 5) is 24.8. The van der Waals surface area contributed by atoms with Crippen LogP contribution >= 0.6 is 0 Å². The number of hydrogen-bond donors (Lipinski definition) is 3. The fourth-order valence-electron chi connectivity index (χ4n) is 1.93. The topological polar surface area (TPSA) is 87.5 Å². The molecule has 0 aromatic carbocycles. The number of nitrogens with two attached hydrogens (primary N) is 1. The van der Waals surface area contributed by atoms with Gasteiger partial charge in [0.05, 0.1) is 6.54 Å². The maximum atomic E-state index is 11.6. The molecule has 4 N–H and O–H groups in total. The van der Waals surface area contributed by atoms with Crippen molar-refractivity contribution in [2.45, 2.75) is 18.9 Å². The lowest BCUT2D eigenvalue weighted by Gasteiger charge is -2.26. The Kier molecular flexibility index (Phi) is 5.80. The van der Waals surface area contributed by atoms with E-state index in [0.29, 0.717) is 19.0 Å². The zero-order chi connectivity index (χ0) is 13.5. The van der Waals surface area contributed by atoms with Crippen molar-refractivity contribution in [2.75, 3.05) is 26.7 Å². The molecule has 0 bridgehead atoms. The Bertz CT molecular complexity index is 315. The summed E-state index contributed by atoms with van der Waals surface area (Å²) in [6, 6.07) is -0.268. The van der Waals surface area contributed by atoms with Crippen LogP contribution in [0.4, 0.5) is 4.79 Å². The maximum Gasteiger partial charge on any atom is 0.321 e. The van der Waals surface area contributed by atoms with Gasteiger partial charge in [-0.25, -0.2) is 4.79 Å². The van der Waals surface area contributed by atoms with E-state index < -0.39 is 6.03 Å². The van der Waals surface area contributed by atoms with Crippen LogP contribution < -0.4 is 16.4 Å². The summed E-state index contributed by atoms with van der Waals surface area (Å²) < 4.78 is 0. The first-order chi connectivity index (χ1) is 8.58. The van der Waals surface area contributed by atoms with Gasteiger partial charge in [0.2, 0.25) is 5.91 Å². The highest BCUT2D eigenvalue weighted by molar-refractivity contribution is 5.95. The standard InChI is InChI=1S/C12H22N4O2/c1-3-6-14-12(18)15-11(17)8-16(2)10(7-13)9-4-5-9/h3,9-10H,1,4-8,13H2,2H3,(H2,14,15,17,18). The number of carbonyl (C=O) groups excluding carboxylic acids is 2. The molecule has 6 nitrogen and oxygen atoms in total. The van der Waals surface area contributed by atoms with E-state index in [1.54, 1.807) is 6.08 Å². The largest absolute Gasteiger partial charge is 0.334 e. The first-order valence-electron chi connectivity index (χ1n) is 6.17. The van der Waals surface area contributed by atoms with E-state index in [0.717, 1.165) is 0 Å². The third kappa shape index (κ3) is 4.85. The SMILES string of the molecule is C=CCNC(=O)NC(=O)CN(C)C(CN)C1CC1. The Labute approximate surface area is 108 Å². The summed E-state index contributed by atoms with van der Waals surface area (Å²) in [7, 11) is 1.86. The number of likely N-dealkylation sites (N-methyl/N-ethyl adjacent to an activating group) is 1. The van der Waals surface area contributed by atoms with E-state index in [2.05, 4.69) is 17.2 Å². The summed E-state index contributed by atoms with van der Waals surface area (Å²) in [6.07, 6.45) is 3.90. The fourth-order valence-corrected chi connectivity index (χ4v) is 1.93. The normalized spacial score (nSPS) is 16.2. The number of nitrogens with one attached hydrogen (secondary N) is 2. The predicted octanol–water partition coefficient (Wildman–Crippen LogP) is -0.333. The number of nitrogens with zero attached hydrogens (tertiary/aromatic N) is 1. The molecule has 1 aliphatic carbocycles. The van der Waals surface area contributed by atoms with Crippen molar-refractivity contribution in [3.63, 3.8) is 0 Å². The van der Waals surface area contributed by atoms with Crippen LogP contribution in [0.5, 0.6) is 0 Å². The number of hydrogen-bond acceptors (Lipinski definition) is 4. The highest BCUT2D eigenvalue weighted by Gasteiger charge is 2.33. The van der Waals surface area contributed by atoms with Gasteiger partial charge in [0.25, 0.3) is 0 Å². The summed E-state index contributed by atoms with van der Waals surface area (Å²) in [5.74, 6) is 0.278. The van der Waals surface area contributed by atoms with Crippen molar-refractivity contribution < 1.29 is 9.59 Å². The van der Waals surface area contributed by atoms with Crippen LogP contribution in [0.15, 0.2) is 12.7 Å². The molecule has 0 radical (unpaired) electrons. The lowest BCUT2D eigenvalue weighted by molar-refractivity contribution is -0.121. The predicted molar refractivity (Wildman–Crippen MR) is 69.9 cm³/mol. The molecule has 0 heterocycles. The first-order valence-corrected chi connectivity index (χ1v) is 6.17. The van der Waals surface area contributed by atoms with E-state index >= 15 is 0 Å². The monoisotopic (exact) mass is 254 g/mol. The Morgan fingerprint density at radius 2 is 2.22 bits per heavy atom. The van der Waals surface area contributed by atoms with Crippen LogP contribution in [0.1, 0.15) is 12.8 Å². The van der Waals surface area contributed by atoms with Gasteiger partial charge in [-0.3, -0.25) is 15.0 Å². The van der Waals surface area contributed by atoms with Crippen molar-refractivity contribution in [1.29, 1.82) is 0 Å². The van der Waals surface area contributed by atoms with Crippen LogP contribution in [0.3, 0.4) is 0 Å². The summed E-state index contributed by atoms with van der Waals surface area (Å²) in [5, 5.41) is 4.75. The zero-order valence-electron chi connectivity index (χ0n) is 10.8.